The number of aryl methyl sites for hydroxylation is 1. The highest BCUT2D eigenvalue weighted by molar-refractivity contribution is 5.97. The largest absolute Gasteiger partial charge is 0.459 e. The molecule has 0 radical (unpaired) electrons. The molecule has 1 fully saturated rings. The summed E-state index contributed by atoms with van der Waals surface area (Å²) in [6.45, 7) is 2.56. The molecule has 2 aromatic heterocycles. The highest BCUT2D eigenvalue weighted by atomic mass is 16.5. The fourth-order valence-electron chi connectivity index (χ4n) is 2.88. The van der Waals surface area contributed by atoms with E-state index in [0.29, 0.717) is 30.4 Å². The molecule has 4 rings (SSSR count). The maximum atomic E-state index is 12.4. The third-order valence-electron chi connectivity index (χ3n) is 4.07. The molecule has 1 amide bonds. The van der Waals surface area contributed by atoms with Crippen LogP contribution in [0, 0.1) is 6.92 Å². The average molecular weight is 309 g/mol. The summed E-state index contributed by atoms with van der Waals surface area (Å²) < 4.78 is 10.5. The minimum atomic E-state index is -0.0745. The van der Waals surface area contributed by atoms with Crippen molar-refractivity contribution in [3.8, 4) is 11.7 Å². The number of carbonyl (C=O) groups is 1. The van der Waals surface area contributed by atoms with E-state index in [2.05, 4.69) is 10.1 Å². The predicted molar refractivity (Wildman–Crippen MR) is 82.9 cm³/mol. The van der Waals surface area contributed by atoms with Crippen molar-refractivity contribution >= 4 is 11.6 Å². The molecule has 0 bridgehead atoms. The quantitative estimate of drug-likeness (QED) is 0.743. The van der Waals surface area contributed by atoms with Crippen molar-refractivity contribution in [2.75, 3.05) is 11.4 Å². The molecule has 6 nitrogen and oxygen atoms in total. The fourth-order valence-corrected chi connectivity index (χ4v) is 2.88. The Kier molecular flexibility index (Phi) is 3.22. The lowest BCUT2D eigenvalue weighted by Gasteiger charge is -2.18. The topological polar surface area (TPSA) is 72.4 Å². The van der Waals surface area contributed by atoms with Gasteiger partial charge in [-0.1, -0.05) is 23.4 Å². The van der Waals surface area contributed by atoms with E-state index in [1.165, 1.54) is 0 Å². The van der Waals surface area contributed by atoms with Crippen LogP contribution in [0.15, 0.2) is 51.6 Å². The van der Waals surface area contributed by atoms with Gasteiger partial charge in [0.2, 0.25) is 5.91 Å². The van der Waals surface area contributed by atoms with Gasteiger partial charge in [0.15, 0.2) is 11.6 Å². The summed E-state index contributed by atoms with van der Waals surface area (Å²) in [5, 5.41) is 4.01. The van der Waals surface area contributed by atoms with Crippen LogP contribution < -0.4 is 4.90 Å². The Morgan fingerprint density at radius 3 is 2.87 bits per heavy atom. The molecule has 1 aliphatic rings. The molecule has 116 valence electrons. The highest BCUT2D eigenvalue weighted by Gasteiger charge is 2.35. The molecule has 1 aliphatic heterocycles. The third kappa shape index (κ3) is 2.42. The van der Waals surface area contributed by atoms with Gasteiger partial charge in [0.1, 0.15) is 0 Å². The first-order valence-electron chi connectivity index (χ1n) is 7.46. The van der Waals surface area contributed by atoms with E-state index in [9.17, 15) is 4.79 Å². The lowest BCUT2D eigenvalue weighted by molar-refractivity contribution is -0.117. The molecular formula is C17H15N3O3. The summed E-state index contributed by atoms with van der Waals surface area (Å²) in [6.07, 6.45) is 1.93. The van der Waals surface area contributed by atoms with Crippen LogP contribution in [0.5, 0.6) is 0 Å². The van der Waals surface area contributed by atoms with E-state index >= 15 is 0 Å². The molecule has 1 atom stereocenters. The number of carbonyl (C=O) groups excluding carboxylic acids is 1. The number of hydrogen-bond acceptors (Lipinski definition) is 5. The molecule has 1 saturated heterocycles. The fraction of sp³-hybridized carbons (Fsp3) is 0.235. The molecule has 1 unspecified atom stereocenters. The van der Waals surface area contributed by atoms with Crippen molar-refractivity contribution in [2.45, 2.75) is 19.3 Å². The van der Waals surface area contributed by atoms with Gasteiger partial charge in [0.25, 0.3) is 5.89 Å². The van der Waals surface area contributed by atoms with Gasteiger partial charge in [-0.25, -0.2) is 0 Å². The van der Waals surface area contributed by atoms with E-state index in [4.69, 9.17) is 8.94 Å². The predicted octanol–water partition coefficient (Wildman–Crippen LogP) is 3.16. The van der Waals surface area contributed by atoms with Crippen LogP contribution in [0.25, 0.3) is 11.7 Å². The molecule has 23 heavy (non-hydrogen) atoms. The number of rotatable bonds is 3. The van der Waals surface area contributed by atoms with Gasteiger partial charge in [-0.3, -0.25) is 4.79 Å². The van der Waals surface area contributed by atoms with Crippen molar-refractivity contribution < 1.29 is 13.7 Å². The van der Waals surface area contributed by atoms with Gasteiger partial charge in [-0.05, 0) is 30.7 Å². The second kappa shape index (κ2) is 5.39. The summed E-state index contributed by atoms with van der Waals surface area (Å²) in [4.78, 5) is 18.5. The Bertz CT molecular complexity index is 838. The Morgan fingerprint density at radius 1 is 1.22 bits per heavy atom. The maximum absolute atomic E-state index is 12.4. The van der Waals surface area contributed by atoms with E-state index in [1.807, 2.05) is 31.2 Å². The van der Waals surface area contributed by atoms with Crippen LogP contribution >= 0.6 is 0 Å². The van der Waals surface area contributed by atoms with Crippen molar-refractivity contribution in [1.82, 2.24) is 10.1 Å². The van der Waals surface area contributed by atoms with Crippen LogP contribution in [0.2, 0.25) is 0 Å². The number of benzene rings is 1. The molecule has 6 heteroatoms. The molecule has 0 N–H and O–H groups in total. The van der Waals surface area contributed by atoms with Crippen LogP contribution in [-0.2, 0) is 4.79 Å². The molecular weight excluding hydrogens is 294 g/mol. The second-order valence-electron chi connectivity index (χ2n) is 5.63. The molecule has 0 aliphatic carbocycles. The lowest BCUT2D eigenvalue weighted by atomic mass is 10.1. The number of nitrogens with zero attached hydrogens (tertiary/aromatic N) is 3. The zero-order valence-electron chi connectivity index (χ0n) is 12.6. The lowest BCUT2D eigenvalue weighted by Crippen LogP contribution is -2.25. The summed E-state index contributed by atoms with van der Waals surface area (Å²) in [7, 11) is 0. The number of anilines is 1. The Balaban J connectivity index is 1.58. The van der Waals surface area contributed by atoms with Crippen LogP contribution in [0.3, 0.4) is 0 Å². The first-order valence-corrected chi connectivity index (χ1v) is 7.46. The number of hydrogen-bond donors (Lipinski definition) is 0. The Morgan fingerprint density at radius 2 is 2.09 bits per heavy atom. The molecule has 3 heterocycles. The van der Waals surface area contributed by atoms with Gasteiger partial charge in [-0.2, -0.15) is 4.98 Å². The summed E-state index contributed by atoms with van der Waals surface area (Å²) in [5.74, 6) is 1.42. The van der Waals surface area contributed by atoms with Gasteiger partial charge in [0, 0.05) is 24.6 Å². The summed E-state index contributed by atoms with van der Waals surface area (Å²) >= 11 is 0. The van der Waals surface area contributed by atoms with Gasteiger partial charge >= 0.3 is 0 Å². The van der Waals surface area contributed by atoms with Crippen molar-refractivity contribution in [1.29, 1.82) is 0 Å². The maximum Gasteiger partial charge on any atom is 0.293 e. The van der Waals surface area contributed by atoms with E-state index in [1.54, 1.807) is 23.3 Å². The van der Waals surface area contributed by atoms with E-state index in [0.717, 1.165) is 11.3 Å². The number of furan rings is 1. The van der Waals surface area contributed by atoms with Crippen molar-refractivity contribution in [2.24, 2.45) is 0 Å². The van der Waals surface area contributed by atoms with Crippen LogP contribution in [0.4, 0.5) is 5.69 Å². The Labute approximate surface area is 132 Å². The normalized spacial score (nSPS) is 17.9. The second-order valence-corrected chi connectivity index (χ2v) is 5.63. The monoisotopic (exact) mass is 309 g/mol. The van der Waals surface area contributed by atoms with E-state index in [-0.39, 0.29) is 11.8 Å². The number of amides is 1. The minimum Gasteiger partial charge on any atom is -0.459 e. The zero-order valence-corrected chi connectivity index (χ0v) is 12.6. The number of aromatic nitrogens is 2. The molecule has 1 aromatic carbocycles. The summed E-state index contributed by atoms with van der Waals surface area (Å²) in [6, 6.07) is 11.4. The van der Waals surface area contributed by atoms with Crippen molar-refractivity contribution in [3.05, 3.63) is 54.0 Å². The molecule has 0 saturated carbocycles. The highest BCUT2D eigenvalue weighted by Crippen LogP contribution is 2.32. The van der Waals surface area contributed by atoms with Gasteiger partial charge < -0.3 is 13.8 Å². The SMILES string of the molecule is Cc1ccccc1N1CC(c2noc(-c3ccco3)n2)CC1=O. The van der Waals surface area contributed by atoms with Crippen LogP contribution in [0.1, 0.15) is 23.7 Å². The minimum absolute atomic E-state index is 0.0745. The third-order valence-corrected chi connectivity index (χ3v) is 4.07. The van der Waals surface area contributed by atoms with E-state index < -0.39 is 0 Å². The zero-order chi connectivity index (χ0) is 15.8. The Hall–Kier alpha value is -2.89. The summed E-state index contributed by atoms with van der Waals surface area (Å²) in [5.41, 5.74) is 2.01. The average Bonchev–Trinajstić information content (AvgIpc) is 3.27. The molecule has 3 aromatic rings. The van der Waals surface area contributed by atoms with Gasteiger partial charge in [0.05, 0.1) is 6.26 Å². The first kappa shape index (κ1) is 13.8. The standard InChI is InChI=1S/C17H15N3O3/c1-11-5-2-3-6-13(11)20-10-12(9-15(20)21)16-18-17(23-19-16)14-7-4-8-22-14/h2-8,12H,9-10H2,1H3. The first-order chi connectivity index (χ1) is 11.2. The van der Waals surface area contributed by atoms with Crippen molar-refractivity contribution in [3.63, 3.8) is 0 Å². The molecule has 0 spiro atoms. The van der Waals surface area contributed by atoms with Gasteiger partial charge in [-0.15, -0.1) is 0 Å². The van der Waals surface area contributed by atoms with Crippen LogP contribution in [-0.4, -0.2) is 22.6 Å². The smallest absolute Gasteiger partial charge is 0.293 e. The number of para-hydroxylation sites is 1.